The van der Waals surface area contributed by atoms with Crippen molar-refractivity contribution < 1.29 is 52.0 Å². The Kier molecular flexibility index (Phi) is 13.0. The van der Waals surface area contributed by atoms with Gasteiger partial charge in [0.25, 0.3) is 0 Å². The molecule has 0 saturated carbocycles. The van der Waals surface area contributed by atoms with Crippen LogP contribution in [0.5, 0.6) is 34.5 Å². The highest BCUT2D eigenvalue weighted by atomic mass is 32.2. The van der Waals surface area contributed by atoms with Crippen molar-refractivity contribution in [2.24, 2.45) is 0 Å². The third-order valence-corrected chi connectivity index (χ3v) is 14.3. The third kappa shape index (κ3) is 10.6. The maximum absolute atomic E-state index is 14.2. The molecule has 0 spiro atoms. The predicted molar refractivity (Wildman–Crippen MR) is 257 cm³/mol. The zero-order valence-corrected chi connectivity index (χ0v) is 38.3. The molecule has 15 heteroatoms. The summed E-state index contributed by atoms with van der Waals surface area (Å²) in [7, 11) is -14.0. The van der Waals surface area contributed by atoms with Gasteiger partial charge in [-0.05, 0) is 113 Å². The van der Waals surface area contributed by atoms with Crippen LogP contribution < -0.4 is 26.8 Å². The zero-order valence-electron chi connectivity index (χ0n) is 35.9. The summed E-state index contributed by atoms with van der Waals surface area (Å²) >= 11 is 0. The molecule has 0 saturated heterocycles. The largest absolute Gasteiger partial charge is 0.489 e. The lowest BCUT2D eigenvalue weighted by molar-refractivity contribution is 0.306. The van der Waals surface area contributed by atoms with E-state index in [1.54, 1.807) is 24.3 Å². The molecule has 0 aromatic heterocycles. The molecule has 0 N–H and O–H groups in total. The number of rotatable bonds is 18. The molecule has 0 atom stereocenters. The molecule has 0 unspecified atom stereocenters. The van der Waals surface area contributed by atoms with Crippen molar-refractivity contribution in [3.05, 3.63) is 223 Å². The standard InChI is InChI=1S/C53H40O12S3/c54-66(55,45-26-20-42(21-27-45)60-35-38-12-4-1-5-13-38)63-51-33-32-49-50(53(51)65-68(58,59)47-30-24-44(25-31-47)62-37-40-16-8-3-9-17-40)34-41-18-10-11-19-48(41)52(49)64-67(56,57)46-28-22-43(23-29-46)61-36-39-14-6-2-7-15-39/h1-34H,35-37H2. The van der Waals surface area contributed by atoms with Crippen molar-refractivity contribution >= 4 is 51.9 Å². The Labute approximate surface area is 393 Å². The van der Waals surface area contributed by atoms with E-state index in [4.69, 9.17) is 26.8 Å². The highest BCUT2D eigenvalue weighted by Gasteiger charge is 2.29. The fourth-order valence-electron chi connectivity index (χ4n) is 7.10. The molecule has 0 radical (unpaired) electrons. The number of hydrogen-bond donors (Lipinski definition) is 0. The SMILES string of the molecule is O=S(=O)(Oc1ccc2c(OS(=O)(=O)c3ccc(OCc4ccccc4)cc3)c3ccccc3cc2c1OS(=O)(=O)c1ccc(OCc2ccccc2)cc1)c1ccc(OCc2ccccc2)cc1. The lowest BCUT2D eigenvalue weighted by Crippen LogP contribution is -2.14. The first-order valence-corrected chi connectivity index (χ1v) is 25.3. The first-order chi connectivity index (χ1) is 32.9. The summed E-state index contributed by atoms with van der Waals surface area (Å²) in [6.45, 7) is 0.751. The van der Waals surface area contributed by atoms with Gasteiger partial charge < -0.3 is 26.8 Å². The maximum Gasteiger partial charge on any atom is 0.339 e. The summed E-state index contributed by atoms with van der Waals surface area (Å²) in [6, 6.07) is 55.8. The van der Waals surface area contributed by atoms with Crippen LogP contribution in [0.4, 0.5) is 0 Å². The van der Waals surface area contributed by atoms with Crippen molar-refractivity contribution in [3.8, 4) is 34.5 Å². The van der Waals surface area contributed by atoms with Gasteiger partial charge in [-0.2, -0.15) is 25.3 Å². The van der Waals surface area contributed by atoms with Gasteiger partial charge in [0.1, 0.15) is 51.8 Å². The van der Waals surface area contributed by atoms with Crippen LogP contribution in [0.15, 0.2) is 221 Å². The van der Waals surface area contributed by atoms with Gasteiger partial charge in [0.05, 0.1) is 0 Å². The van der Waals surface area contributed by atoms with Crippen molar-refractivity contribution in [1.29, 1.82) is 0 Å². The monoisotopic (exact) mass is 964 g/mol. The first kappa shape index (κ1) is 45.3. The van der Waals surface area contributed by atoms with E-state index in [-0.39, 0.29) is 51.0 Å². The summed E-state index contributed by atoms with van der Waals surface area (Å²) in [5, 5.41) is 0.780. The number of ether oxygens (including phenoxy) is 3. The van der Waals surface area contributed by atoms with E-state index in [9.17, 15) is 25.3 Å². The van der Waals surface area contributed by atoms with Crippen molar-refractivity contribution in [2.75, 3.05) is 0 Å². The second-order valence-electron chi connectivity index (χ2n) is 15.3. The van der Waals surface area contributed by atoms with Crippen molar-refractivity contribution in [2.45, 2.75) is 34.5 Å². The van der Waals surface area contributed by atoms with Gasteiger partial charge in [-0.15, -0.1) is 0 Å². The zero-order chi connectivity index (χ0) is 47.1. The number of hydrogen-bond acceptors (Lipinski definition) is 12. The molecule has 0 heterocycles. The molecule has 0 aliphatic heterocycles. The molecule has 0 fully saturated rings. The minimum Gasteiger partial charge on any atom is -0.489 e. The maximum atomic E-state index is 14.2. The molecule has 0 aliphatic carbocycles. The van der Waals surface area contributed by atoms with Gasteiger partial charge in [-0.3, -0.25) is 0 Å². The Bertz CT molecular complexity index is 3540. The molecule has 0 amide bonds. The Morgan fingerprint density at radius 1 is 0.309 bits per heavy atom. The third-order valence-electron chi connectivity index (χ3n) is 10.6. The normalized spacial score (nSPS) is 11.8. The Morgan fingerprint density at radius 2 is 0.676 bits per heavy atom. The smallest absolute Gasteiger partial charge is 0.339 e. The second-order valence-corrected chi connectivity index (χ2v) is 19.9. The van der Waals surface area contributed by atoms with Gasteiger partial charge in [0, 0.05) is 16.2 Å². The predicted octanol–water partition coefficient (Wildman–Crippen LogP) is 11.0. The van der Waals surface area contributed by atoms with E-state index in [1.165, 1.54) is 91.0 Å². The van der Waals surface area contributed by atoms with Crippen LogP contribution in [0.1, 0.15) is 16.7 Å². The topological polar surface area (TPSA) is 158 Å². The molecule has 68 heavy (non-hydrogen) atoms. The molecule has 0 aliphatic rings. The van der Waals surface area contributed by atoms with Crippen LogP contribution in [-0.2, 0) is 50.2 Å². The van der Waals surface area contributed by atoms with E-state index in [0.717, 1.165) is 16.7 Å². The fourth-order valence-corrected chi connectivity index (χ4v) is 9.96. The van der Waals surface area contributed by atoms with E-state index in [1.807, 2.05) is 91.0 Å². The summed E-state index contributed by atoms with van der Waals surface area (Å²) < 4.78 is 120. The van der Waals surface area contributed by atoms with Crippen LogP contribution in [0.3, 0.4) is 0 Å². The minimum atomic E-state index is -4.76. The van der Waals surface area contributed by atoms with Crippen LogP contribution in [0.2, 0.25) is 0 Å². The molecule has 9 aromatic carbocycles. The van der Waals surface area contributed by atoms with Crippen LogP contribution in [0, 0.1) is 0 Å². The first-order valence-electron chi connectivity index (χ1n) is 21.0. The Morgan fingerprint density at radius 3 is 1.10 bits per heavy atom. The van der Waals surface area contributed by atoms with Crippen LogP contribution >= 0.6 is 0 Å². The van der Waals surface area contributed by atoms with Crippen molar-refractivity contribution in [1.82, 2.24) is 0 Å². The van der Waals surface area contributed by atoms with E-state index >= 15 is 0 Å². The number of fused-ring (bicyclic) bond motifs is 2. The quantitative estimate of drug-likeness (QED) is 0.0593. The highest BCUT2D eigenvalue weighted by Crippen LogP contribution is 2.46. The van der Waals surface area contributed by atoms with E-state index in [2.05, 4.69) is 0 Å². The highest BCUT2D eigenvalue weighted by molar-refractivity contribution is 7.87. The van der Waals surface area contributed by atoms with E-state index in [0.29, 0.717) is 28.0 Å². The summed E-state index contributed by atoms with van der Waals surface area (Å²) in [5.74, 6) is -0.0318. The Hall–Kier alpha value is -7.85. The average Bonchev–Trinajstić information content (AvgIpc) is 3.36. The summed E-state index contributed by atoms with van der Waals surface area (Å²) in [5.41, 5.74) is 2.75. The molecule has 342 valence electrons. The van der Waals surface area contributed by atoms with Gasteiger partial charge >= 0.3 is 30.4 Å². The lowest BCUT2D eigenvalue weighted by atomic mass is 10.0. The van der Waals surface area contributed by atoms with Crippen LogP contribution in [-0.4, -0.2) is 25.3 Å². The minimum absolute atomic E-state index is 0.0395. The van der Waals surface area contributed by atoms with Crippen LogP contribution in [0.25, 0.3) is 21.5 Å². The van der Waals surface area contributed by atoms with Gasteiger partial charge in [0.2, 0.25) is 0 Å². The fraction of sp³-hybridized carbons (Fsp3) is 0.0566. The second kappa shape index (κ2) is 19.5. The molecule has 12 nitrogen and oxygen atoms in total. The number of benzene rings is 9. The summed E-state index contributed by atoms with van der Waals surface area (Å²) in [6.07, 6.45) is 0. The van der Waals surface area contributed by atoms with Gasteiger partial charge in [-0.1, -0.05) is 115 Å². The average molecular weight is 965 g/mol. The van der Waals surface area contributed by atoms with Gasteiger partial charge in [0.15, 0.2) is 17.2 Å². The molecular weight excluding hydrogens is 925 g/mol. The van der Waals surface area contributed by atoms with Crippen molar-refractivity contribution in [3.63, 3.8) is 0 Å². The van der Waals surface area contributed by atoms with Gasteiger partial charge in [-0.25, -0.2) is 0 Å². The molecule has 9 aromatic rings. The van der Waals surface area contributed by atoms with E-state index < -0.39 is 41.9 Å². The lowest BCUT2D eigenvalue weighted by Gasteiger charge is -2.18. The molecular formula is C53H40O12S3. The Balaban J connectivity index is 1.07. The summed E-state index contributed by atoms with van der Waals surface area (Å²) in [4.78, 5) is -0.754. The molecule has 0 bridgehead atoms. The molecule has 9 rings (SSSR count).